The Kier molecular flexibility index (Phi) is 2.73. The Labute approximate surface area is 114 Å². The highest BCUT2D eigenvalue weighted by Gasteiger charge is 2.11. The van der Waals surface area contributed by atoms with Gasteiger partial charge in [0.1, 0.15) is 11.7 Å². The highest BCUT2D eigenvalue weighted by molar-refractivity contribution is 6.35. The third kappa shape index (κ3) is 2.07. The van der Waals surface area contributed by atoms with E-state index in [1.165, 1.54) is 0 Å². The number of aromatic nitrogens is 4. The Morgan fingerprint density at radius 1 is 1.47 bits per heavy atom. The van der Waals surface area contributed by atoms with Crippen LogP contribution in [0.5, 0.6) is 0 Å². The van der Waals surface area contributed by atoms with Gasteiger partial charge in [0, 0.05) is 25.9 Å². The molecule has 94 valence electrons. The highest BCUT2D eigenvalue weighted by Crippen LogP contribution is 2.26. The number of nitrogens with zero attached hydrogens (tertiary/aromatic N) is 4. The molecule has 0 unspecified atom stereocenters. The molecule has 0 fully saturated rings. The van der Waals surface area contributed by atoms with E-state index in [-0.39, 0.29) is 0 Å². The zero-order valence-corrected chi connectivity index (χ0v) is 10.9. The maximum atomic E-state index is 8.99. The second kappa shape index (κ2) is 4.41. The molecule has 3 aromatic heterocycles. The first kappa shape index (κ1) is 11.8. The molecule has 3 aromatic rings. The summed E-state index contributed by atoms with van der Waals surface area (Å²) >= 11 is 6.22. The number of fused-ring (bicyclic) bond motifs is 1. The van der Waals surface area contributed by atoms with Crippen LogP contribution in [0.3, 0.4) is 0 Å². The van der Waals surface area contributed by atoms with E-state index in [2.05, 4.69) is 21.1 Å². The fourth-order valence-electron chi connectivity index (χ4n) is 2.06. The van der Waals surface area contributed by atoms with Gasteiger partial charge in [0.05, 0.1) is 27.4 Å². The quantitative estimate of drug-likeness (QED) is 0.778. The first-order chi connectivity index (χ1) is 9.17. The minimum absolute atomic E-state index is 0.511. The summed E-state index contributed by atoms with van der Waals surface area (Å²) < 4.78 is 1.75. The standard InChI is InChI=1S/C13H10ClN5/c1-19-3-2-9(18-19)4-10-5-11(14)12-8(6-15)7-16-13(12)17-10/h2-3,5,7H,4H2,1H3,(H,16,17). The molecule has 5 nitrogen and oxygen atoms in total. The molecule has 6 heteroatoms. The lowest BCUT2D eigenvalue weighted by Gasteiger charge is -2.01. The van der Waals surface area contributed by atoms with Gasteiger partial charge < -0.3 is 4.98 Å². The van der Waals surface area contributed by atoms with Crippen molar-refractivity contribution < 1.29 is 0 Å². The minimum Gasteiger partial charge on any atom is -0.345 e. The molecule has 0 saturated heterocycles. The van der Waals surface area contributed by atoms with Gasteiger partial charge in [-0.05, 0) is 12.1 Å². The van der Waals surface area contributed by atoms with Crippen LogP contribution in [-0.4, -0.2) is 19.7 Å². The average Bonchev–Trinajstić information content (AvgIpc) is 2.96. The van der Waals surface area contributed by atoms with E-state index in [9.17, 15) is 0 Å². The van der Waals surface area contributed by atoms with Crippen LogP contribution in [0.25, 0.3) is 11.0 Å². The Morgan fingerprint density at radius 2 is 2.32 bits per heavy atom. The van der Waals surface area contributed by atoms with Gasteiger partial charge in [-0.1, -0.05) is 11.6 Å². The van der Waals surface area contributed by atoms with Crippen LogP contribution in [0.2, 0.25) is 5.02 Å². The Morgan fingerprint density at radius 3 is 3.00 bits per heavy atom. The predicted octanol–water partition coefficient (Wildman–Crippen LogP) is 2.41. The lowest BCUT2D eigenvalue weighted by atomic mass is 10.2. The number of pyridine rings is 1. The predicted molar refractivity (Wildman–Crippen MR) is 71.8 cm³/mol. The summed E-state index contributed by atoms with van der Waals surface area (Å²) in [6.45, 7) is 0. The zero-order chi connectivity index (χ0) is 13.4. The average molecular weight is 272 g/mol. The second-order valence-corrected chi connectivity index (χ2v) is 4.70. The van der Waals surface area contributed by atoms with Crippen LogP contribution in [-0.2, 0) is 13.5 Å². The lowest BCUT2D eigenvalue weighted by Crippen LogP contribution is -1.96. The summed E-state index contributed by atoms with van der Waals surface area (Å²) in [7, 11) is 1.87. The third-order valence-electron chi connectivity index (χ3n) is 2.90. The SMILES string of the molecule is Cn1ccc(Cc2cc(Cl)c3c(C#N)c[nH]c3n2)n1. The van der Waals surface area contributed by atoms with Gasteiger partial charge in [0.25, 0.3) is 0 Å². The largest absolute Gasteiger partial charge is 0.345 e. The number of rotatable bonds is 2. The molecule has 0 radical (unpaired) electrons. The van der Waals surface area contributed by atoms with Gasteiger partial charge in [0.15, 0.2) is 0 Å². The summed E-state index contributed by atoms with van der Waals surface area (Å²) in [5, 5.41) is 14.5. The van der Waals surface area contributed by atoms with Crippen molar-refractivity contribution in [3.8, 4) is 6.07 Å². The number of halogens is 1. The zero-order valence-electron chi connectivity index (χ0n) is 10.2. The smallest absolute Gasteiger partial charge is 0.140 e. The molecule has 0 aromatic carbocycles. The van der Waals surface area contributed by atoms with Crippen molar-refractivity contribution >= 4 is 22.6 Å². The van der Waals surface area contributed by atoms with Crippen molar-refractivity contribution in [2.75, 3.05) is 0 Å². The first-order valence-electron chi connectivity index (χ1n) is 5.72. The third-order valence-corrected chi connectivity index (χ3v) is 3.20. The number of hydrogen-bond donors (Lipinski definition) is 1. The number of nitrogens with one attached hydrogen (secondary N) is 1. The summed E-state index contributed by atoms with van der Waals surface area (Å²) in [5.41, 5.74) is 2.90. The van der Waals surface area contributed by atoms with Crippen LogP contribution in [0.1, 0.15) is 17.0 Å². The second-order valence-electron chi connectivity index (χ2n) is 4.29. The van der Waals surface area contributed by atoms with Gasteiger partial charge in [-0.25, -0.2) is 4.98 Å². The molecule has 0 spiro atoms. The van der Waals surface area contributed by atoms with Gasteiger partial charge in [0.2, 0.25) is 0 Å². The Balaban J connectivity index is 2.04. The number of aromatic amines is 1. The lowest BCUT2D eigenvalue weighted by molar-refractivity contribution is 0.747. The summed E-state index contributed by atoms with van der Waals surface area (Å²) in [4.78, 5) is 7.44. The van der Waals surface area contributed by atoms with Gasteiger partial charge >= 0.3 is 0 Å². The number of hydrogen-bond acceptors (Lipinski definition) is 3. The van der Waals surface area contributed by atoms with Crippen molar-refractivity contribution in [3.05, 3.63) is 46.5 Å². The van der Waals surface area contributed by atoms with E-state index in [1.807, 2.05) is 19.3 Å². The van der Waals surface area contributed by atoms with Gasteiger partial charge in [-0.2, -0.15) is 10.4 Å². The van der Waals surface area contributed by atoms with Gasteiger partial charge in [-0.15, -0.1) is 0 Å². The van der Waals surface area contributed by atoms with E-state index in [4.69, 9.17) is 16.9 Å². The van der Waals surface area contributed by atoms with Crippen molar-refractivity contribution in [2.24, 2.45) is 7.05 Å². The molecule has 3 heterocycles. The molecule has 0 saturated carbocycles. The van der Waals surface area contributed by atoms with E-state index in [0.29, 0.717) is 28.0 Å². The molecule has 1 N–H and O–H groups in total. The van der Waals surface area contributed by atoms with Crippen LogP contribution >= 0.6 is 11.6 Å². The first-order valence-corrected chi connectivity index (χ1v) is 6.10. The number of H-pyrrole nitrogens is 1. The molecule has 0 aliphatic rings. The fraction of sp³-hybridized carbons (Fsp3) is 0.154. The molecule has 0 aliphatic heterocycles. The van der Waals surface area contributed by atoms with Crippen LogP contribution in [0, 0.1) is 11.3 Å². The highest BCUT2D eigenvalue weighted by atomic mass is 35.5. The maximum absolute atomic E-state index is 8.99. The van der Waals surface area contributed by atoms with Crippen molar-refractivity contribution in [3.63, 3.8) is 0 Å². The number of nitriles is 1. The summed E-state index contributed by atoms with van der Waals surface area (Å²) in [6.07, 6.45) is 4.11. The molecule has 0 atom stereocenters. The van der Waals surface area contributed by atoms with Crippen LogP contribution in [0.4, 0.5) is 0 Å². The number of aryl methyl sites for hydroxylation is 1. The molecule has 0 amide bonds. The Bertz CT molecular complexity index is 793. The topological polar surface area (TPSA) is 70.3 Å². The molecule has 0 aliphatic carbocycles. The van der Waals surface area contributed by atoms with Gasteiger partial charge in [-0.3, -0.25) is 4.68 Å². The Hall–Kier alpha value is -2.32. The van der Waals surface area contributed by atoms with Crippen LogP contribution < -0.4 is 0 Å². The molecular formula is C13H10ClN5. The molecule has 19 heavy (non-hydrogen) atoms. The molecule has 0 bridgehead atoms. The maximum Gasteiger partial charge on any atom is 0.140 e. The van der Waals surface area contributed by atoms with E-state index in [1.54, 1.807) is 16.9 Å². The molecular weight excluding hydrogens is 262 g/mol. The van der Waals surface area contributed by atoms with E-state index >= 15 is 0 Å². The fourth-order valence-corrected chi connectivity index (χ4v) is 2.38. The normalized spacial score (nSPS) is 10.8. The van der Waals surface area contributed by atoms with Crippen molar-refractivity contribution in [2.45, 2.75) is 6.42 Å². The van der Waals surface area contributed by atoms with E-state index < -0.39 is 0 Å². The summed E-state index contributed by atoms with van der Waals surface area (Å²) in [5.74, 6) is 0. The monoisotopic (exact) mass is 271 g/mol. The summed E-state index contributed by atoms with van der Waals surface area (Å²) in [6, 6.07) is 5.82. The van der Waals surface area contributed by atoms with E-state index in [0.717, 1.165) is 11.4 Å². The minimum atomic E-state index is 0.511. The van der Waals surface area contributed by atoms with Crippen molar-refractivity contribution in [1.82, 2.24) is 19.7 Å². The van der Waals surface area contributed by atoms with Crippen molar-refractivity contribution in [1.29, 1.82) is 5.26 Å². The van der Waals surface area contributed by atoms with Crippen LogP contribution in [0.15, 0.2) is 24.5 Å². The molecule has 3 rings (SSSR count).